The van der Waals surface area contributed by atoms with Gasteiger partial charge in [-0.2, -0.15) is 0 Å². The van der Waals surface area contributed by atoms with Gasteiger partial charge in [-0.15, -0.1) is 0 Å². The SMILES string of the molecule is CCC(Cl)NC(=O)Cc1cccc(C)c1. The van der Waals surface area contributed by atoms with Gasteiger partial charge in [0.15, 0.2) is 0 Å². The van der Waals surface area contributed by atoms with E-state index in [9.17, 15) is 4.79 Å². The average molecular weight is 226 g/mol. The number of rotatable bonds is 4. The fourth-order valence-corrected chi connectivity index (χ4v) is 1.46. The molecule has 1 aromatic rings. The molecule has 1 aromatic carbocycles. The van der Waals surface area contributed by atoms with Crippen molar-refractivity contribution in [1.29, 1.82) is 0 Å². The molecule has 0 heterocycles. The number of amides is 1. The van der Waals surface area contributed by atoms with Crippen LogP contribution in [0.25, 0.3) is 0 Å². The molecular formula is C12H16ClNO. The summed E-state index contributed by atoms with van der Waals surface area (Å²) in [6.07, 6.45) is 1.13. The summed E-state index contributed by atoms with van der Waals surface area (Å²) < 4.78 is 0. The van der Waals surface area contributed by atoms with Crippen LogP contribution in [0, 0.1) is 6.92 Å². The van der Waals surface area contributed by atoms with Crippen LogP contribution in [0.3, 0.4) is 0 Å². The van der Waals surface area contributed by atoms with Gasteiger partial charge in [0.25, 0.3) is 0 Å². The van der Waals surface area contributed by atoms with Crippen LogP contribution >= 0.6 is 11.6 Å². The third-order valence-corrected chi connectivity index (χ3v) is 2.54. The molecule has 0 aliphatic rings. The minimum Gasteiger partial charge on any atom is -0.340 e. The van der Waals surface area contributed by atoms with Crippen LogP contribution in [-0.2, 0) is 11.2 Å². The van der Waals surface area contributed by atoms with Crippen molar-refractivity contribution in [2.24, 2.45) is 0 Å². The average Bonchev–Trinajstić information content (AvgIpc) is 2.17. The van der Waals surface area contributed by atoms with Gasteiger partial charge in [0.2, 0.25) is 5.91 Å². The maximum Gasteiger partial charge on any atom is 0.225 e. The van der Waals surface area contributed by atoms with E-state index in [2.05, 4.69) is 5.32 Å². The van der Waals surface area contributed by atoms with Crippen LogP contribution in [0.2, 0.25) is 0 Å². The molecule has 1 N–H and O–H groups in total. The zero-order chi connectivity index (χ0) is 11.3. The van der Waals surface area contributed by atoms with Crippen molar-refractivity contribution in [3.05, 3.63) is 35.4 Å². The summed E-state index contributed by atoms with van der Waals surface area (Å²) in [6, 6.07) is 7.92. The molecule has 0 fully saturated rings. The third kappa shape index (κ3) is 4.34. The summed E-state index contributed by atoms with van der Waals surface area (Å²) in [5.74, 6) is -0.0255. The van der Waals surface area contributed by atoms with Gasteiger partial charge in [-0.25, -0.2) is 0 Å². The van der Waals surface area contributed by atoms with Crippen LogP contribution in [0.5, 0.6) is 0 Å². The molecule has 0 radical (unpaired) electrons. The van der Waals surface area contributed by atoms with Gasteiger partial charge in [0.1, 0.15) is 5.50 Å². The van der Waals surface area contributed by atoms with E-state index in [1.54, 1.807) is 0 Å². The summed E-state index contributed by atoms with van der Waals surface area (Å²) >= 11 is 5.83. The highest BCUT2D eigenvalue weighted by Crippen LogP contribution is 2.05. The number of carbonyl (C=O) groups excluding carboxylic acids is 1. The quantitative estimate of drug-likeness (QED) is 0.620. The Morgan fingerprint density at radius 3 is 2.87 bits per heavy atom. The minimum absolute atomic E-state index is 0.0255. The Morgan fingerprint density at radius 2 is 2.27 bits per heavy atom. The Hall–Kier alpha value is -1.02. The van der Waals surface area contributed by atoms with E-state index < -0.39 is 0 Å². The lowest BCUT2D eigenvalue weighted by Crippen LogP contribution is -2.31. The van der Waals surface area contributed by atoms with Crippen molar-refractivity contribution >= 4 is 17.5 Å². The molecule has 15 heavy (non-hydrogen) atoms. The molecule has 0 aliphatic carbocycles. The smallest absolute Gasteiger partial charge is 0.225 e. The standard InChI is InChI=1S/C12H16ClNO/c1-3-11(13)14-12(15)8-10-6-4-5-9(2)7-10/h4-7,11H,3,8H2,1-2H3,(H,14,15). The van der Waals surface area contributed by atoms with Crippen molar-refractivity contribution in [3.63, 3.8) is 0 Å². The van der Waals surface area contributed by atoms with Crippen molar-refractivity contribution in [2.75, 3.05) is 0 Å². The van der Waals surface area contributed by atoms with Crippen LogP contribution in [-0.4, -0.2) is 11.4 Å². The van der Waals surface area contributed by atoms with Gasteiger partial charge in [-0.05, 0) is 18.9 Å². The molecule has 2 nitrogen and oxygen atoms in total. The van der Waals surface area contributed by atoms with Crippen molar-refractivity contribution < 1.29 is 4.79 Å². The fourth-order valence-electron chi connectivity index (χ4n) is 1.34. The Kier molecular flexibility index (Phi) is 4.63. The van der Waals surface area contributed by atoms with E-state index in [-0.39, 0.29) is 11.4 Å². The molecule has 0 aliphatic heterocycles. The van der Waals surface area contributed by atoms with E-state index >= 15 is 0 Å². The van der Waals surface area contributed by atoms with Gasteiger partial charge in [-0.3, -0.25) is 4.79 Å². The minimum atomic E-state index is -0.262. The predicted octanol–water partition coefficient (Wildman–Crippen LogP) is 2.63. The molecule has 1 rings (SSSR count). The molecule has 82 valence electrons. The number of alkyl halides is 1. The highest BCUT2D eigenvalue weighted by atomic mass is 35.5. The molecule has 0 bridgehead atoms. The third-order valence-electron chi connectivity index (χ3n) is 2.12. The van der Waals surface area contributed by atoms with Crippen molar-refractivity contribution in [3.8, 4) is 0 Å². The molecule has 0 aromatic heterocycles. The number of nitrogens with one attached hydrogen (secondary N) is 1. The molecule has 1 unspecified atom stereocenters. The zero-order valence-corrected chi connectivity index (χ0v) is 9.84. The molecular weight excluding hydrogens is 210 g/mol. The second kappa shape index (κ2) is 5.76. The topological polar surface area (TPSA) is 29.1 Å². The normalized spacial score (nSPS) is 12.2. The maximum atomic E-state index is 11.5. The summed E-state index contributed by atoms with van der Waals surface area (Å²) in [4.78, 5) is 11.5. The van der Waals surface area contributed by atoms with Crippen molar-refractivity contribution in [2.45, 2.75) is 32.2 Å². The Bertz CT molecular complexity index is 338. The molecule has 0 saturated carbocycles. The lowest BCUT2D eigenvalue weighted by Gasteiger charge is -2.09. The number of benzene rings is 1. The largest absolute Gasteiger partial charge is 0.340 e. The predicted molar refractivity (Wildman–Crippen MR) is 63.0 cm³/mol. The summed E-state index contributed by atoms with van der Waals surface area (Å²) in [5, 5.41) is 2.72. The number of hydrogen-bond donors (Lipinski definition) is 1. The second-order valence-electron chi connectivity index (χ2n) is 3.61. The summed E-state index contributed by atoms with van der Waals surface area (Å²) in [7, 11) is 0. The van der Waals surface area contributed by atoms with Crippen LogP contribution < -0.4 is 5.32 Å². The number of halogens is 1. The van der Waals surface area contributed by atoms with E-state index in [1.165, 1.54) is 5.56 Å². The van der Waals surface area contributed by atoms with E-state index in [0.717, 1.165) is 12.0 Å². The second-order valence-corrected chi connectivity index (χ2v) is 4.14. The van der Waals surface area contributed by atoms with Gasteiger partial charge in [0, 0.05) is 0 Å². The molecule has 0 saturated heterocycles. The van der Waals surface area contributed by atoms with E-state index in [4.69, 9.17) is 11.6 Å². The lowest BCUT2D eigenvalue weighted by molar-refractivity contribution is -0.120. The van der Waals surface area contributed by atoms with Crippen LogP contribution in [0.4, 0.5) is 0 Å². The Balaban J connectivity index is 2.51. The molecule has 1 amide bonds. The van der Waals surface area contributed by atoms with Gasteiger partial charge in [0.05, 0.1) is 6.42 Å². The zero-order valence-electron chi connectivity index (χ0n) is 9.09. The first kappa shape index (κ1) is 12.1. The molecule has 0 spiro atoms. The van der Waals surface area contributed by atoms with Crippen LogP contribution in [0.15, 0.2) is 24.3 Å². The number of aryl methyl sites for hydroxylation is 1. The lowest BCUT2D eigenvalue weighted by atomic mass is 10.1. The first-order chi connectivity index (χ1) is 7.11. The highest BCUT2D eigenvalue weighted by molar-refractivity contribution is 6.21. The number of hydrogen-bond acceptors (Lipinski definition) is 1. The summed E-state index contributed by atoms with van der Waals surface area (Å²) in [5.41, 5.74) is 1.92. The first-order valence-corrected chi connectivity index (χ1v) is 5.54. The molecule has 1 atom stereocenters. The fraction of sp³-hybridized carbons (Fsp3) is 0.417. The molecule has 3 heteroatoms. The van der Waals surface area contributed by atoms with Gasteiger partial charge >= 0.3 is 0 Å². The highest BCUT2D eigenvalue weighted by Gasteiger charge is 2.07. The monoisotopic (exact) mass is 225 g/mol. The maximum absolute atomic E-state index is 11.5. The van der Waals surface area contributed by atoms with E-state index in [0.29, 0.717) is 6.42 Å². The Morgan fingerprint density at radius 1 is 1.53 bits per heavy atom. The van der Waals surface area contributed by atoms with E-state index in [1.807, 2.05) is 38.1 Å². The van der Waals surface area contributed by atoms with Crippen molar-refractivity contribution in [1.82, 2.24) is 5.32 Å². The van der Waals surface area contributed by atoms with Gasteiger partial charge in [-0.1, -0.05) is 48.4 Å². The first-order valence-electron chi connectivity index (χ1n) is 5.10. The Labute approximate surface area is 95.6 Å². The van der Waals surface area contributed by atoms with Crippen LogP contribution in [0.1, 0.15) is 24.5 Å². The number of carbonyl (C=O) groups is 1. The summed E-state index contributed by atoms with van der Waals surface area (Å²) in [6.45, 7) is 3.95. The van der Waals surface area contributed by atoms with Gasteiger partial charge < -0.3 is 5.32 Å².